The molecule has 25 heavy (non-hydrogen) atoms. The number of hydrogen-bond donors (Lipinski definition) is 2. The summed E-state index contributed by atoms with van der Waals surface area (Å²) in [5, 5.41) is 3.75. The van der Waals surface area contributed by atoms with Crippen LogP contribution in [0.3, 0.4) is 0 Å². The minimum atomic E-state index is -0.307. The molecule has 0 aliphatic heterocycles. The molecule has 0 atom stereocenters. The third kappa shape index (κ3) is 3.55. The van der Waals surface area contributed by atoms with Crippen LogP contribution in [0.4, 0.5) is 5.69 Å². The predicted molar refractivity (Wildman–Crippen MR) is 103 cm³/mol. The quantitative estimate of drug-likeness (QED) is 0.534. The highest BCUT2D eigenvalue weighted by Gasteiger charge is 2.10. The van der Waals surface area contributed by atoms with Crippen LogP contribution < -0.4 is 10.9 Å². The number of amides is 1. The van der Waals surface area contributed by atoms with E-state index >= 15 is 0 Å². The van der Waals surface area contributed by atoms with Gasteiger partial charge >= 0.3 is 0 Å². The molecule has 0 aliphatic carbocycles. The molecule has 3 aromatic rings. The van der Waals surface area contributed by atoms with Gasteiger partial charge in [-0.25, -0.2) is 0 Å². The number of H-pyrrole nitrogens is 1. The van der Waals surface area contributed by atoms with E-state index in [4.69, 9.17) is 23.8 Å². The van der Waals surface area contributed by atoms with Crippen molar-refractivity contribution < 1.29 is 4.79 Å². The third-order valence-corrected chi connectivity index (χ3v) is 4.20. The van der Waals surface area contributed by atoms with Crippen LogP contribution in [-0.4, -0.2) is 15.5 Å². The van der Waals surface area contributed by atoms with E-state index < -0.39 is 0 Å². The van der Waals surface area contributed by atoms with Crippen LogP contribution >= 0.6 is 23.8 Å². The van der Waals surface area contributed by atoms with Crippen LogP contribution in [-0.2, 0) is 6.54 Å². The largest absolute Gasteiger partial charge is 0.332 e. The van der Waals surface area contributed by atoms with Crippen LogP contribution in [0.2, 0.25) is 5.02 Å². The van der Waals surface area contributed by atoms with Crippen LogP contribution in [0.25, 0.3) is 10.9 Å². The normalized spacial score (nSPS) is 10.6. The number of fused-ring (bicyclic) bond motifs is 1. The Morgan fingerprint density at radius 1 is 1.32 bits per heavy atom. The molecule has 3 rings (SSSR count). The van der Waals surface area contributed by atoms with Crippen molar-refractivity contribution >= 4 is 46.3 Å². The summed E-state index contributed by atoms with van der Waals surface area (Å²) in [5.41, 5.74) is 1.28. The van der Waals surface area contributed by atoms with E-state index in [0.717, 1.165) is 0 Å². The Bertz CT molecular complexity index is 1100. The monoisotopic (exact) mass is 371 g/mol. The highest BCUT2D eigenvalue weighted by Crippen LogP contribution is 2.17. The van der Waals surface area contributed by atoms with Gasteiger partial charge in [-0.3, -0.25) is 14.2 Å². The lowest BCUT2D eigenvalue weighted by Crippen LogP contribution is -2.22. The van der Waals surface area contributed by atoms with Gasteiger partial charge in [-0.15, -0.1) is 6.58 Å². The zero-order chi connectivity index (χ0) is 18.0. The third-order valence-electron chi connectivity index (χ3n) is 3.64. The first-order chi connectivity index (χ1) is 12.0. The predicted octanol–water partition coefficient (Wildman–Crippen LogP) is 4.15. The zero-order valence-corrected chi connectivity index (χ0v) is 14.7. The van der Waals surface area contributed by atoms with Crippen molar-refractivity contribution in [3.8, 4) is 0 Å². The van der Waals surface area contributed by atoms with Crippen molar-refractivity contribution in [3.05, 3.63) is 80.8 Å². The first kappa shape index (κ1) is 17.1. The van der Waals surface area contributed by atoms with Gasteiger partial charge in [-0.2, -0.15) is 0 Å². The fourth-order valence-corrected chi connectivity index (χ4v) is 2.92. The molecule has 7 heteroatoms. The van der Waals surface area contributed by atoms with E-state index in [9.17, 15) is 9.59 Å². The highest BCUT2D eigenvalue weighted by molar-refractivity contribution is 7.71. The Morgan fingerprint density at radius 3 is 2.84 bits per heavy atom. The second kappa shape index (κ2) is 7.04. The fourth-order valence-electron chi connectivity index (χ4n) is 2.46. The Balaban J connectivity index is 2.00. The maximum Gasteiger partial charge on any atom is 0.262 e. The summed E-state index contributed by atoms with van der Waals surface area (Å²) in [5.74, 6) is -0.307. The standard InChI is InChI=1S/C18H14ClN3O2S/c1-2-8-22-17(24)14-7-6-11(9-15(14)21-18(22)25)16(23)20-13-5-3-4-12(19)10-13/h2-7,9-10H,1,8H2,(H,20,23)(H,21,25). The topological polar surface area (TPSA) is 66.9 Å². The first-order valence-electron chi connectivity index (χ1n) is 7.44. The fraction of sp³-hybridized carbons (Fsp3) is 0.0556. The molecule has 0 spiro atoms. The van der Waals surface area contributed by atoms with Gasteiger partial charge in [0.15, 0.2) is 4.77 Å². The van der Waals surface area contributed by atoms with Crippen LogP contribution in [0, 0.1) is 4.77 Å². The van der Waals surface area contributed by atoms with Crippen molar-refractivity contribution in [2.45, 2.75) is 6.54 Å². The number of benzene rings is 2. The number of carbonyl (C=O) groups is 1. The van der Waals surface area contributed by atoms with Crippen LogP contribution in [0.15, 0.2) is 59.9 Å². The van der Waals surface area contributed by atoms with Gasteiger partial charge in [0, 0.05) is 22.8 Å². The molecule has 126 valence electrons. The molecule has 2 N–H and O–H groups in total. The van der Waals surface area contributed by atoms with E-state index in [1.807, 2.05) is 0 Å². The molecule has 0 unspecified atom stereocenters. The van der Waals surface area contributed by atoms with Crippen molar-refractivity contribution in [1.29, 1.82) is 0 Å². The van der Waals surface area contributed by atoms with Gasteiger partial charge < -0.3 is 10.3 Å². The molecule has 1 heterocycles. The summed E-state index contributed by atoms with van der Waals surface area (Å²) in [6, 6.07) is 11.7. The van der Waals surface area contributed by atoms with Crippen molar-refractivity contribution in [2.24, 2.45) is 0 Å². The highest BCUT2D eigenvalue weighted by atomic mass is 35.5. The summed E-state index contributed by atoms with van der Waals surface area (Å²) >= 11 is 11.1. The Hall–Kier alpha value is -2.70. The van der Waals surface area contributed by atoms with Gasteiger partial charge in [0.2, 0.25) is 0 Å². The molecule has 0 fully saturated rings. The van der Waals surface area contributed by atoms with E-state index in [0.29, 0.717) is 33.7 Å². The molecule has 1 aromatic heterocycles. The number of aromatic nitrogens is 2. The van der Waals surface area contributed by atoms with Crippen LogP contribution in [0.1, 0.15) is 10.4 Å². The average molecular weight is 372 g/mol. The molecular formula is C18H14ClN3O2S. The molecule has 5 nitrogen and oxygen atoms in total. The molecule has 0 aliphatic rings. The maximum absolute atomic E-state index is 12.5. The number of nitrogens with one attached hydrogen (secondary N) is 2. The SMILES string of the molecule is C=CCn1c(=S)[nH]c2cc(C(=O)Nc3cccc(Cl)c3)ccc2c1=O. The summed E-state index contributed by atoms with van der Waals surface area (Å²) < 4.78 is 1.70. The zero-order valence-electron chi connectivity index (χ0n) is 13.1. The maximum atomic E-state index is 12.5. The molecule has 1 amide bonds. The van der Waals surface area contributed by atoms with Gasteiger partial charge in [0.05, 0.1) is 10.9 Å². The molecule has 0 saturated carbocycles. The lowest BCUT2D eigenvalue weighted by atomic mass is 10.1. The lowest BCUT2D eigenvalue weighted by molar-refractivity contribution is 0.102. The van der Waals surface area contributed by atoms with Crippen molar-refractivity contribution in [1.82, 2.24) is 9.55 Å². The molecule has 0 radical (unpaired) electrons. The molecular weight excluding hydrogens is 358 g/mol. The number of carbonyl (C=O) groups excluding carboxylic acids is 1. The minimum Gasteiger partial charge on any atom is -0.332 e. The number of nitrogens with zero attached hydrogens (tertiary/aromatic N) is 1. The van der Waals surface area contributed by atoms with Crippen LogP contribution in [0.5, 0.6) is 0 Å². The van der Waals surface area contributed by atoms with E-state index in [1.54, 1.807) is 48.5 Å². The number of rotatable bonds is 4. The summed E-state index contributed by atoms with van der Waals surface area (Å²) in [6.07, 6.45) is 1.60. The Morgan fingerprint density at radius 2 is 2.12 bits per heavy atom. The van der Waals surface area contributed by atoms with E-state index in [1.165, 1.54) is 4.57 Å². The summed E-state index contributed by atoms with van der Waals surface area (Å²) in [4.78, 5) is 27.9. The number of halogens is 1. The number of allylic oxidation sites excluding steroid dienone is 1. The summed E-state index contributed by atoms with van der Waals surface area (Å²) in [7, 11) is 0. The first-order valence-corrected chi connectivity index (χ1v) is 8.23. The number of anilines is 1. The molecule has 0 saturated heterocycles. The second-order valence-electron chi connectivity index (χ2n) is 5.36. The van der Waals surface area contributed by atoms with Gasteiger partial charge in [0.1, 0.15) is 0 Å². The smallest absolute Gasteiger partial charge is 0.262 e. The average Bonchev–Trinajstić information content (AvgIpc) is 2.58. The van der Waals surface area contributed by atoms with E-state index in [2.05, 4.69) is 16.9 Å². The van der Waals surface area contributed by atoms with Crippen molar-refractivity contribution in [3.63, 3.8) is 0 Å². The van der Waals surface area contributed by atoms with Gasteiger partial charge in [-0.05, 0) is 48.6 Å². The Kier molecular flexibility index (Phi) is 4.83. The molecule has 0 bridgehead atoms. The minimum absolute atomic E-state index is 0.222. The lowest BCUT2D eigenvalue weighted by Gasteiger charge is -2.08. The number of aromatic amines is 1. The van der Waals surface area contributed by atoms with Gasteiger partial charge in [-0.1, -0.05) is 23.7 Å². The van der Waals surface area contributed by atoms with E-state index in [-0.39, 0.29) is 16.2 Å². The Labute approximate surface area is 153 Å². The van der Waals surface area contributed by atoms with Gasteiger partial charge in [0.25, 0.3) is 11.5 Å². The summed E-state index contributed by atoms with van der Waals surface area (Å²) in [6.45, 7) is 3.94. The number of hydrogen-bond acceptors (Lipinski definition) is 3. The second-order valence-corrected chi connectivity index (χ2v) is 6.18. The van der Waals surface area contributed by atoms with Crippen molar-refractivity contribution in [2.75, 3.05) is 5.32 Å². The molecule has 2 aromatic carbocycles.